The SMILES string of the molecule is CCNC(=O)C(N)c1cccc(Cl)c1.Cl. The monoisotopic (exact) mass is 248 g/mol. The van der Waals surface area contributed by atoms with E-state index in [2.05, 4.69) is 5.32 Å². The molecule has 15 heavy (non-hydrogen) atoms. The van der Waals surface area contributed by atoms with Gasteiger partial charge in [-0.05, 0) is 24.6 Å². The lowest BCUT2D eigenvalue weighted by Crippen LogP contribution is -2.33. The topological polar surface area (TPSA) is 55.1 Å². The van der Waals surface area contributed by atoms with E-state index in [0.29, 0.717) is 11.6 Å². The molecule has 1 unspecified atom stereocenters. The molecule has 0 saturated carbocycles. The van der Waals surface area contributed by atoms with E-state index in [0.717, 1.165) is 5.56 Å². The van der Waals surface area contributed by atoms with E-state index in [1.807, 2.05) is 6.92 Å². The standard InChI is InChI=1S/C10H13ClN2O.ClH/c1-2-13-10(14)9(12)7-4-3-5-8(11)6-7;/h3-6,9H,2,12H2,1H3,(H,13,14);1H. The lowest BCUT2D eigenvalue weighted by Gasteiger charge is -2.11. The molecule has 0 bridgehead atoms. The van der Waals surface area contributed by atoms with Crippen LogP contribution in [0.5, 0.6) is 0 Å². The van der Waals surface area contributed by atoms with Crippen molar-refractivity contribution in [1.29, 1.82) is 0 Å². The molecule has 0 aliphatic rings. The number of halogens is 2. The van der Waals surface area contributed by atoms with Gasteiger partial charge in [0.15, 0.2) is 0 Å². The van der Waals surface area contributed by atoms with Crippen molar-refractivity contribution in [3.8, 4) is 0 Å². The minimum absolute atomic E-state index is 0. The molecule has 0 spiro atoms. The lowest BCUT2D eigenvalue weighted by atomic mass is 10.1. The maximum atomic E-state index is 11.4. The highest BCUT2D eigenvalue weighted by atomic mass is 35.5. The van der Waals surface area contributed by atoms with Crippen molar-refractivity contribution in [2.75, 3.05) is 6.54 Å². The van der Waals surface area contributed by atoms with Crippen molar-refractivity contribution in [3.05, 3.63) is 34.9 Å². The molecule has 1 aromatic carbocycles. The first-order valence-corrected chi connectivity index (χ1v) is 4.81. The number of amides is 1. The molecule has 0 fully saturated rings. The summed E-state index contributed by atoms with van der Waals surface area (Å²) < 4.78 is 0. The number of nitrogens with one attached hydrogen (secondary N) is 1. The summed E-state index contributed by atoms with van der Waals surface area (Å²) in [6.07, 6.45) is 0. The number of hydrogen-bond acceptors (Lipinski definition) is 2. The third kappa shape index (κ3) is 4.08. The van der Waals surface area contributed by atoms with Gasteiger partial charge in [0.05, 0.1) is 0 Å². The molecule has 0 radical (unpaired) electrons. The zero-order valence-corrected chi connectivity index (χ0v) is 9.94. The van der Waals surface area contributed by atoms with Gasteiger partial charge in [-0.1, -0.05) is 23.7 Å². The van der Waals surface area contributed by atoms with Crippen molar-refractivity contribution in [2.24, 2.45) is 5.73 Å². The fraction of sp³-hybridized carbons (Fsp3) is 0.300. The minimum atomic E-state index is -0.645. The largest absolute Gasteiger partial charge is 0.355 e. The van der Waals surface area contributed by atoms with Crippen LogP contribution in [-0.4, -0.2) is 12.5 Å². The number of likely N-dealkylation sites (N-methyl/N-ethyl adjacent to an activating group) is 1. The van der Waals surface area contributed by atoms with Crippen LogP contribution >= 0.6 is 24.0 Å². The maximum Gasteiger partial charge on any atom is 0.241 e. The van der Waals surface area contributed by atoms with Crippen LogP contribution in [0.3, 0.4) is 0 Å². The Morgan fingerprint density at radius 1 is 1.60 bits per heavy atom. The van der Waals surface area contributed by atoms with Crippen LogP contribution in [0.1, 0.15) is 18.5 Å². The van der Waals surface area contributed by atoms with Gasteiger partial charge in [-0.15, -0.1) is 12.4 Å². The van der Waals surface area contributed by atoms with Gasteiger partial charge in [0, 0.05) is 11.6 Å². The summed E-state index contributed by atoms with van der Waals surface area (Å²) in [7, 11) is 0. The highest BCUT2D eigenvalue weighted by Gasteiger charge is 2.14. The van der Waals surface area contributed by atoms with E-state index in [1.165, 1.54) is 0 Å². The first-order chi connectivity index (χ1) is 6.65. The van der Waals surface area contributed by atoms with Crippen LogP contribution < -0.4 is 11.1 Å². The number of carbonyl (C=O) groups excluding carboxylic acids is 1. The first kappa shape index (κ1) is 14.2. The van der Waals surface area contributed by atoms with E-state index in [1.54, 1.807) is 24.3 Å². The lowest BCUT2D eigenvalue weighted by molar-refractivity contribution is -0.122. The van der Waals surface area contributed by atoms with Crippen molar-refractivity contribution in [1.82, 2.24) is 5.32 Å². The van der Waals surface area contributed by atoms with Gasteiger partial charge in [0.25, 0.3) is 0 Å². The van der Waals surface area contributed by atoms with Crippen molar-refractivity contribution < 1.29 is 4.79 Å². The van der Waals surface area contributed by atoms with E-state index in [4.69, 9.17) is 17.3 Å². The third-order valence-electron chi connectivity index (χ3n) is 1.84. The van der Waals surface area contributed by atoms with Crippen molar-refractivity contribution >= 4 is 29.9 Å². The van der Waals surface area contributed by atoms with E-state index in [-0.39, 0.29) is 18.3 Å². The molecule has 3 nitrogen and oxygen atoms in total. The molecule has 84 valence electrons. The van der Waals surface area contributed by atoms with Gasteiger partial charge in [0.1, 0.15) is 6.04 Å². The normalized spacial score (nSPS) is 11.4. The maximum absolute atomic E-state index is 11.4. The Kier molecular flexibility index (Phi) is 6.32. The molecular formula is C10H14Cl2N2O. The van der Waals surface area contributed by atoms with E-state index >= 15 is 0 Å². The molecular weight excluding hydrogens is 235 g/mol. The summed E-state index contributed by atoms with van der Waals surface area (Å²) in [5.41, 5.74) is 6.45. The van der Waals surface area contributed by atoms with Gasteiger partial charge in [0.2, 0.25) is 5.91 Å². The molecule has 1 amide bonds. The number of carbonyl (C=O) groups is 1. The summed E-state index contributed by atoms with van der Waals surface area (Å²) in [4.78, 5) is 11.4. The quantitative estimate of drug-likeness (QED) is 0.859. The second-order valence-electron chi connectivity index (χ2n) is 2.93. The van der Waals surface area contributed by atoms with Crippen LogP contribution in [0.4, 0.5) is 0 Å². The molecule has 0 aliphatic carbocycles. The average Bonchev–Trinajstić information content (AvgIpc) is 2.17. The Balaban J connectivity index is 0.00000196. The van der Waals surface area contributed by atoms with Gasteiger partial charge >= 0.3 is 0 Å². The van der Waals surface area contributed by atoms with E-state index < -0.39 is 6.04 Å². The molecule has 5 heteroatoms. The highest BCUT2D eigenvalue weighted by Crippen LogP contribution is 2.15. The van der Waals surface area contributed by atoms with Crippen LogP contribution in [0, 0.1) is 0 Å². The van der Waals surface area contributed by atoms with Gasteiger partial charge in [-0.3, -0.25) is 4.79 Å². The van der Waals surface area contributed by atoms with Gasteiger partial charge in [-0.25, -0.2) is 0 Å². The summed E-state index contributed by atoms with van der Waals surface area (Å²) >= 11 is 5.78. The van der Waals surface area contributed by atoms with Crippen LogP contribution in [0.25, 0.3) is 0 Å². The molecule has 3 N–H and O–H groups in total. The zero-order valence-electron chi connectivity index (χ0n) is 8.37. The fourth-order valence-electron chi connectivity index (χ4n) is 1.14. The zero-order chi connectivity index (χ0) is 10.6. The Bertz CT molecular complexity index is 331. The van der Waals surface area contributed by atoms with Crippen molar-refractivity contribution in [2.45, 2.75) is 13.0 Å². The Morgan fingerprint density at radius 2 is 2.27 bits per heavy atom. The van der Waals surface area contributed by atoms with Gasteiger partial charge in [-0.2, -0.15) is 0 Å². The van der Waals surface area contributed by atoms with Gasteiger partial charge < -0.3 is 11.1 Å². The molecule has 0 aliphatic heterocycles. The molecule has 1 aromatic rings. The summed E-state index contributed by atoms with van der Waals surface area (Å²) in [6, 6.07) is 6.35. The Hall–Kier alpha value is -0.770. The fourth-order valence-corrected chi connectivity index (χ4v) is 1.33. The van der Waals surface area contributed by atoms with Crippen molar-refractivity contribution in [3.63, 3.8) is 0 Å². The first-order valence-electron chi connectivity index (χ1n) is 4.44. The average molecular weight is 249 g/mol. The Morgan fingerprint density at radius 3 is 2.80 bits per heavy atom. The minimum Gasteiger partial charge on any atom is -0.355 e. The number of nitrogens with two attached hydrogens (primary N) is 1. The smallest absolute Gasteiger partial charge is 0.241 e. The van der Waals surface area contributed by atoms with Crippen LogP contribution in [0.15, 0.2) is 24.3 Å². The van der Waals surface area contributed by atoms with Crippen LogP contribution in [-0.2, 0) is 4.79 Å². The Labute approximate surface area is 100 Å². The summed E-state index contributed by atoms with van der Waals surface area (Å²) in [5.74, 6) is -0.185. The number of hydrogen-bond donors (Lipinski definition) is 2. The molecule has 1 atom stereocenters. The highest BCUT2D eigenvalue weighted by molar-refractivity contribution is 6.30. The number of benzene rings is 1. The summed E-state index contributed by atoms with van der Waals surface area (Å²) in [6.45, 7) is 2.43. The second-order valence-corrected chi connectivity index (χ2v) is 3.36. The van der Waals surface area contributed by atoms with E-state index in [9.17, 15) is 4.79 Å². The predicted molar refractivity (Wildman–Crippen MR) is 64.3 cm³/mol. The molecule has 1 rings (SSSR count). The molecule has 0 heterocycles. The third-order valence-corrected chi connectivity index (χ3v) is 2.08. The number of rotatable bonds is 3. The van der Waals surface area contributed by atoms with Crippen LogP contribution in [0.2, 0.25) is 5.02 Å². The second kappa shape index (κ2) is 6.67. The summed E-state index contributed by atoms with van der Waals surface area (Å²) in [5, 5.41) is 3.24. The molecule has 0 aromatic heterocycles. The molecule has 0 saturated heterocycles. The predicted octanol–water partition coefficient (Wildman–Crippen LogP) is 1.90.